The molecule has 0 aliphatic heterocycles. The van der Waals surface area contributed by atoms with Gasteiger partial charge in [0.25, 0.3) is 0 Å². The van der Waals surface area contributed by atoms with Gasteiger partial charge >= 0.3 is 0 Å². The van der Waals surface area contributed by atoms with E-state index in [-0.39, 0.29) is 0 Å². The lowest BCUT2D eigenvalue weighted by Gasteiger charge is -1.97. The van der Waals surface area contributed by atoms with Crippen LogP contribution in [0.15, 0.2) is 36.8 Å². The van der Waals surface area contributed by atoms with Crippen molar-refractivity contribution in [3.8, 4) is 11.3 Å². The Labute approximate surface area is 71.3 Å². The summed E-state index contributed by atoms with van der Waals surface area (Å²) >= 11 is 0. The fraction of sp³-hybridized carbons (Fsp3) is 0.100. The third kappa shape index (κ3) is 1.23. The Morgan fingerprint density at radius 2 is 2.25 bits per heavy atom. The molecule has 2 aromatic heterocycles. The number of aryl methyl sites for hydroxylation is 1. The molecule has 0 aliphatic rings. The summed E-state index contributed by atoms with van der Waals surface area (Å²) in [4.78, 5) is 7.26. The van der Waals surface area contributed by atoms with Crippen molar-refractivity contribution in [2.75, 3.05) is 0 Å². The van der Waals surface area contributed by atoms with E-state index < -0.39 is 0 Å². The Balaban J connectivity index is 2.48. The highest BCUT2D eigenvalue weighted by Gasteiger charge is 1.96. The SMILES string of the molecule is Cc1cncc(-c2ccc[nH]2)c1. The number of nitrogens with zero attached hydrogens (tertiary/aromatic N) is 1. The molecule has 0 spiro atoms. The third-order valence-corrected chi connectivity index (χ3v) is 1.78. The highest BCUT2D eigenvalue weighted by Crippen LogP contribution is 2.15. The molecule has 2 aromatic rings. The van der Waals surface area contributed by atoms with Crippen molar-refractivity contribution in [1.82, 2.24) is 9.97 Å². The van der Waals surface area contributed by atoms with Crippen LogP contribution in [0.5, 0.6) is 0 Å². The number of hydrogen-bond donors (Lipinski definition) is 1. The number of pyridine rings is 1. The zero-order valence-electron chi connectivity index (χ0n) is 6.91. The lowest BCUT2D eigenvalue weighted by Crippen LogP contribution is -1.81. The van der Waals surface area contributed by atoms with Crippen molar-refractivity contribution >= 4 is 0 Å². The Morgan fingerprint density at radius 1 is 1.33 bits per heavy atom. The number of aromatic amines is 1. The van der Waals surface area contributed by atoms with Gasteiger partial charge in [0.05, 0.1) is 0 Å². The van der Waals surface area contributed by atoms with E-state index in [9.17, 15) is 0 Å². The van der Waals surface area contributed by atoms with E-state index in [0.29, 0.717) is 0 Å². The third-order valence-electron chi connectivity index (χ3n) is 1.78. The first kappa shape index (κ1) is 7.10. The molecular weight excluding hydrogens is 148 g/mol. The highest BCUT2D eigenvalue weighted by atomic mass is 14.7. The number of hydrogen-bond acceptors (Lipinski definition) is 1. The molecular formula is C10H10N2. The molecule has 2 heteroatoms. The zero-order chi connectivity index (χ0) is 8.39. The minimum absolute atomic E-state index is 1.12. The quantitative estimate of drug-likeness (QED) is 0.678. The van der Waals surface area contributed by atoms with Crippen molar-refractivity contribution in [2.24, 2.45) is 0 Å². The molecule has 2 heterocycles. The average Bonchev–Trinajstić information content (AvgIpc) is 2.56. The topological polar surface area (TPSA) is 28.7 Å². The molecule has 60 valence electrons. The predicted molar refractivity (Wildman–Crippen MR) is 48.8 cm³/mol. The van der Waals surface area contributed by atoms with Crippen LogP contribution in [0.25, 0.3) is 11.3 Å². The van der Waals surface area contributed by atoms with Crippen LogP contribution in [-0.2, 0) is 0 Å². The maximum atomic E-state index is 4.12. The number of rotatable bonds is 1. The van der Waals surface area contributed by atoms with Gasteiger partial charge in [0.2, 0.25) is 0 Å². The summed E-state index contributed by atoms with van der Waals surface area (Å²) in [6.45, 7) is 2.04. The Hall–Kier alpha value is -1.57. The first-order valence-corrected chi connectivity index (χ1v) is 3.92. The van der Waals surface area contributed by atoms with Gasteiger partial charge < -0.3 is 4.98 Å². The molecule has 0 aliphatic carbocycles. The first-order valence-electron chi connectivity index (χ1n) is 3.92. The van der Waals surface area contributed by atoms with E-state index >= 15 is 0 Å². The van der Waals surface area contributed by atoms with Gasteiger partial charge in [0.1, 0.15) is 0 Å². The molecule has 0 saturated carbocycles. The summed E-state index contributed by atoms with van der Waals surface area (Å²) < 4.78 is 0. The first-order chi connectivity index (χ1) is 5.86. The monoisotopic (exact) mass is 158 g/mol. The number of nitrogens with one attached hydrogen (secondary N) is 1. The molecule has 12 heavy (non-hydrogen) atoms. The van der Waals surface area contributed by atoms with E-state index in [1.54, 1.807) is 0 Å². The minimum atomic E-state index is 1.12. The predicted octanol–water partition coefficient (Wildman–Crippen LogP) is 2.39. The summed E-state index contributed by atoms with van der Waals surface area (Å²) in [6, 6.07) is 6.13. The molecule has 0 atom stereocenters. The van der Waals surface area contributed by atoms with Crippen molar-refractivity contribution < 1.29 is 0 Å². The van der Waals surface area contributed by atoms with Crippen molar-refractivity contribution in [3.05, 3.63) is 42.4 Å². The van der Waals surface area contributed by atoms with Crippen LogP contribution in [0.1, 0.15) is 5.56 Å². The van der Waals surface area contributed by atoms with Crippen molar-refractivity contribution in [2.45, 2.75) is 6.92 Å². The lowest BCUT2D eigenvalue weighted by molar-refractivity contribution is 1.26. The molecule has 2 nitrogen and oxygen atoms in total. The van der Waals surface area contributed by atoms with E-state index in [0.717, 1.165) is 11.3 Å². The Kier molecular flexibility index (Phi) is 1.67. The molecule has 0 fully saturated rings. The maximum absolute atomic E-state index is 4.12. The van der Waals surface area contributed by atoms with Crippen molar-refractivity contribution in [1.29, 1.82) is 0 Å². The largest absolute Gasteiger partial charge is 0.361 e. The second kappa shape index (κ2) is 2.81. The van der Waals surface area contributed by atoms with Crippen LogP contribution in [-0.4, -0.2) is 9.97 Å². The standard InChI is InChI=1S/C10H10N2/c1-8-5-9(7-11-6-8)10-3-2-4-12-10/h2-7,12H,1H3. The molecule has 0 saturated heterocycles. The van der Waals surface area contributed by atoms with Gasteiger partial charge in [-0.3, -0.25) is 4.98 Å². The van der Waals surface area contributed by atoms with E-state index in [1.807, 2.05) is 37.6 Å². The van der Waals surface area contributed by atoms with Gasteiger partial charge in [-0.1, -0.05) is 0 Å². The summed E-state index contributed by atoms with van der Waals surface area (Å²) in [5.74, 6) is 0. The van der Waals surface area contributed by atoms with Gasteiger partial charge in [-0.15, -0.1) is 0 Å². The van der Waals surface area contributed by atoms with Gasteiger partial charge in [-0.25, -0.2) is 0 Å². The average molecular weight is 158 g/mol. The summed E-state index contributed by atoms with van der Waals surface area (Å²) in [5.41, 5.74) is 3.44. The molecule has 0 radical (unpaired) electrons. The van der Waals surface area contributed by atoms with Crippen LogP contribution in [0.4, 0.5) is 0 Å². The van der Waals surface area contributed by atoms with Crippen LogP contribution < -0.4 is 0 Å². The van der Waals surface area contributed by atoms with Crippen LogP contribution >= 0.6 is 0 Å². The highest BCUT2D eigenvalue weighted by molar-refractivity contribution is 5.58. The summed E-state index contributed by atoms with van der Waals surface area (Å²) in [6.07, 6.45) is 5.63. The second-order valence-corrected chi connectivity index (χ2v) is 2.83. The molecule has 0 amide bonds. The fourth-order valence-corrected chi connectivity index (χ4v) is 1.21. The molecule has 0 bridgehead atoms. The van der Waals surface area contributed by atoms with E-state index in [4.69, 9.17) is 0 Å². The maximum Gasteiger partial charge on any atom is 0.0469 e. The lowest BCUT2D eigenvalue weighted by atomic mass is 10.2. The minimum Gasteiger partial charge on any atom is -0.361 e. The van der Waals surface area contributed by atoms with Gasteiger partial charge in [0, 0.05) is 29.8 Å². The molecule has 0 aromatic carbocycles. The van der Waals surface area contributed by atoms with Gasteiger partial charge in [-0.2, -0.15) is 0 Å². The van der Waals surface area contributed by atoms with Crippen LogP contribution in [0.3, 0.4) is 0 Å². The van der Waals surface area contributed by atoms with E-state index in [2.05, 4.69) is 16.0 Å². The normalized spacial score (nSPS) is 10.1. The van der Waals surface area contributed by atoms with Crippen molar-refractivity contribution in [3.63, 3.8) is 0 Å². The zero-order valence-corrected chi connectivity index (χ0v) is 6.91. The molecule has 0 unspecified atom stereocenters. The fourth-order valence-electron chi connectivity index (χ4n) is 1.21. The summed E-state index contributed by atoms with van der Waals surface area (Å²) in [5, 5.41) is 0. The Bertz CT molecular complexity index is 363. The van der Waals surface area contributed by atoms with Gasteiger partial charge in [0.15, 0.2) is 0 Å². The Morgan fingerprint density at radius 3 is 2.92 bits per heavy atom. The molecule has 1 N–H and O–H groups in total. The van der Waals surface area contributed by atoms with E-state index in [1.165, 1.54) is 5.56 Å². The van der Waals surface area contributed by atoms with Gasteiger partial charge in [-0.05, 0) is 30.7 Å². The smallest absolute Gasteiger partial charge is 0.0469 e. The second-order valence-electron chi connectivity index (χ2n) is 2.83. The number of H-pyrrole nitrogens is 1. The van der Waals surface area contributed by atoms with Crippen LogP contribution in [0.2, 0.25) is 0 Å². The number of aromatic nitrogens is 2. The van der Waals surface area contributed by atoms with Crippen LogP contribution in [0, 0.1) is 6.92 Å². The molecule has 2 rings (SSSR count). The summed E-state index contributed by atoms with van der Waals surface area (Å²) in [7, 11) is 0.